The lowest BCUT2D eigenvalue weighted by atomic mass is 10.2. The van der Waals surface area contributed by atoms with Gasteiger partial charge in [-0.25, -0.2) is 8.42 Å². The van der Waals surface area contributed by atoms with E-state index in [1.807, 2.05) is 6.07 Å². The predicted molar refractivity (Wildman–Crippen MR) is 88.8 cm³/mol. The summed E-state index contributed by atoms with van der Waals surface area (Å²) >= 11 is 6.20. The largest absolute Gasteiger partial charge is 0.298 e. The van der Waals surface area contributed by atoms with Crippen molar-refractivity contribution in [2.45, 2.75) is 11.4 Å². The average molecular weight is 349 g/mol. The van der Waals surface area contributed by atoms with E-state index in [-0.39, 0.29) is 4.90 Å². The van der Waals surface area contributed by atoms with Gasteiger partial charge in [0.25, 0.3) is 0 Å². The van der Waals surface area contributed by atoms with Crippen molar-refractivity contribution in [2.24, 2.45) is 0 Å². The van der Waals surface area contributed by atoms with Gasteiger partial charge in [0.1, 0.15) is 6.29 Å². The van der Waals surface area contributed by atoms with Gasteiger partial charge in [-0.1, -0.05) is 17.7 Å². The van der Waals surface area contributed by atoms with E-state index in [1.165, 1.54) is 12.1 Å². The Morgan fingerprint density at radius 2 is 2.00 bits per heavy atom. The summed E-state index contributed by atoms with van der Waals surface area (Å²) < 4.78 is 24.8. The van der Waals surface area contributed by atoms with Gasteiger partial charge in [-0.05, 0) is 35.9 Å². The number of carbonyl (C=O) groups excluding carboxylic acids is 1. The second kappa shape index (κ2) is 5.79. The molecule has 3 rings (SSSR count). The molecule has 0 N–H and O–H groups in total. The third kappa shape index (κ3) is 3.13. The lowest BCUT2D eigenvalue weighted by Crippen LogP contribution is -2.03. The lowest BCUT2D eigenvalue weighted by Gasteiger charge is -2.08. The first kappa shape index (κ1) is 15.7. The second-order valence-corrected chi connectivity index (χ2v) is 7.69. The molecule has 2 aromatic carbocycles. The van der Waals surface area contributed by atoms with Crippen molar-refractivity contribution in [3.05, 3.63) is 58.7 Å². The molecule has 1 heterocycles. The van der Waals surface area contributed by atoms with Gasteiger partial charge >= 0.3 is 0 Å². The normalized spacial score (nSPS) is 11.7. The molecule has 0 bridgehead atoms. The molecular weight excluding hydrogens is 336 g/mol. The highest BCUT2D eigenvalue weighted by atomic mass is 35.5. The fourth-order valence-corrected chi connectivity index (χ4v) is 3.31. The van der Waals surface area contributed by atoms with Crippen molar-refractivity contribution in [3.8, 4) is 0 Å². The zero-order valence-corrected chi connectivity index (χ0v) is 13.8. The molecule has 3 aromatic rings. The molecule has 0 atom stereocenters. The van der Waals surface area contributed by atoms with E-state index in [2.05, 4.69) is 5.10 Å². The first-order valence-corrected chi connectivity index (χ1v) is 9.04. The average Bonchev–Trinajstić information content (AvgIpc) is 2.90. The van der Waals surface area contributed by atoms with Crippen molar-refractivity contribution in [1.82, 2.24) is 9.78 Å². The van der Waals surface area contributed by atoms with E-state index in [0.717, 1.165) is 29.0 Å². The summed E-state index contributed by atoms with van der Waals surface area (Å²) in [5, 5.41) is 5.54. The summed E-state index contributed by atoms with van der Waals surface area (Å²) in [6.07, 6.45) is 3.61. The number of aromatic nitrogens is 2. The number of halogens is 1. The minimum Gasteiger partial charge on any atom is -0.298 e. The van der Waals surface area contributed by atoms with Crippen LogP contribution in [0.2, 0.25) is 5.02 Å². The van der Waals surface area contributed by atoms with E-state index < -0.39 is 9.84 Å². The summed E-state index contributed by atoms with van der Waals surface area (Å²) in [6, 6.07) is 9.98. The zero-order valence-electron chi connectivity index (χ0n) is 12.2. The molecular formula is C16H13ClN2O3S. The Bertz CT molecular complexity index is 1010. The van der Waals surface area contributed by atoms with Gasteiger partial charge in [0, 0.05) is 22.2 Å². The molecule has 118 valence electrons. The van der Waals surface area contributed by atoms with Crippen LogP contribution in [-0.4, -0.2) is 30.7 Å². The number of aldehydes is 1. The number of sulfone groups is 1. The SMILES string of the molecule is CS(=O)(=O)c1ccc(Cn2ncc3cc(C=O)ccc32)c(Cl)c1. The fourth-order valence-electron chi connectivity index (χ4n) is 2.35. The van der Waals surface area contributed by atoms with Crippen LogP contribution in [0.4, 0.5) is 0 Å². The third-order valence-electron chi connectivity index (χ3n) is 3.57. The lowest BCUT2D eigenvalue weighted by molar-refractivity contribution is 0.112. The molecule has 0 aliphatic heterocycles. The number of hydrogen-bond acceptors (Lipinski definition) is 4. The maximum absolute atomic E-state index is 11.5. The third-order valence-corrected chi connectivity index (χ3v) is 5.04. The molecule has 0 saturated heterocycles. The number of fused-ring (bicyclic) bond motifs is 1. The van der Waals surface area contributed by atoms with Crippen molar-refractivity contribution < 1.29 is 13.2 Å². The topological polar surface area (TPSA) is 69.0 Å². The number of rotatable bonds is 4. The second-order valence-electron chi connectivity index (χ2n) is 5.26. The molecule has 5 nitrogen and oxygen atoms in total. The van der Waals surface area contributed by atoms with E-state index in [9.17, 15) is 13.2 Å². The smallest absolute Gasteiger partial charge is 0.175 e. The van der Waals surface area contributed by atoms with E-state index >= 15 is 0 Å². The Labute approximate surface area is 138 Å². The van der Waals surface area contributed by atoms with Crippen molar-refractivity contribution in [3.63, 3.8) is 0 Å². The van der Waals surface area contributed by atoms with Crippen molar-refractivity contribution in [2.75, 3.05) is 6.26 Å². The number of benzene rings is 2. The van der Waals surface area contributed by atoms with E-state index in [1.54, 1.807) is 29.1 Å². The first-order chi connectivity index (χ1) is 10.9. The van der Waals surface area contributed by atoms with Gasteiger partial charge in [-0.2, -0.15) is 5.10 Å². The van der Waals surface area contributed by atoms with Crippen LogP contribution in [0.5, 0.6) is 0 Å². The maximum Gasteiger partial charge on any atom is 0.175 e. The Kier molecular flexibility index (Phi) is 3.95. The minimum absolute atomic E-state index is 0.187. The fraction of sp³-hybridized carbons (Fsp3) is 0.125. The number of carbonyl (C=O) groups is 1. The molecule has 0 amide bonds. The Morgan fingerprint density at radius 3 is 2.65 bits per heavy atom. The molecule has 0 saturated carbocycles. The summed E-state index contributed by atoms with van der Waals surface area (Å²) in [4.78, 5) is 11.0. The zero-order chi connectivity index (χ0) is 16.6. The monoisotopic (exact) mass is 348 g/mol. The van der Waals surface area contributed by atoms with Crippen LogP contribution in [0.25, 0.3) is 10.9 Å². The summed E-state index contributed by atoms with van der Waals surface area (Å²) in [5.74, 6) is 0. The van der Waals surface area contributed by atoms with Gasteiger partial charge in [0.05, 0.1) is 23.2 Å². The Balaban J connectivity index is 1.98. The number of hydrogen-bond donors (Lipinski definition) is 0. The van der Waals surface area contributed by atoms with Gasteiger partial charge < -0.3 is 0 Å². The molecule has 0 aliphatic rings. The van der Waals surface area contributed by atoms with Gasteiger partial charge in [0.15, 0.2) is 9.84 Å². The standard InChI is InChI=1S/C16H13ClN2O3S/c1-23(21,22)14-4-3-12(15(17)7-14)9-19-16-5-2-11(10-20)6-13(16)8-18-19/h2-8,10H,9H2,1H3. The van der Waals surface area contributed by atoms with Crippen LogP contribution in [0.15, 0.2) is 47.5 Å². The molecule has 1 aromatic heterocycles. The van der Waals surface area contributed by atoms with Gasteiger partial charge in [0.2, 0.25) is 0 Å². The molecule has 7 heteroatoms. The number of nitrogens with zero attached hydrogens (tertiary/aromatic N) is 2. The van der Waals surface area contributed by atoms with Crippen LogP contribution < -0.4 is 0 Å². The van der Waals surface area contributed by atoms with Gasteiger partial charge in [-0.3, -0.25) is 9.48 Å². The molecule has 0 fully saturated rings. The van der Waals surface area contributed by atoms with Crippen molar-refractivity contribution in [1.29, 1.82) is 0 Å². The molecule has 0 aliphatic carbocycles. The molecule has 0 radical (unpaired) electrons. The first-order valence-electron chi connectivity index (χ1n) is 6.78. The van der Waals surface area contributed by atoms with Crippen molar-refractivity contribution >= 4 is 38.6 Å². The van der Waals surface area contributed by atoms with E-state index in [4.69, 9.17) is 11.6 Å². The van der Waals surface area contributed by atoms with E-state index in [0.29, 0.717) is 17.1 Å². The Hall–Kier alpha value is -2.18. The van der Waals surface area contributed by atoms with Crippen LogP contribution in [-0.2, 0) is 16.4 Å². The maximum atomic E-state index is 11.5. The van der Waals surface area contributed by atoms with Gasteiger partial charge in [-0.15, -0.1) is 0 Å². The molecule has 0 unspecified atom stereocenters. The summed E-state index contributed by atoms with van der Waals surface area (Å²) in [7, 11) is -3.29. The minimum atomic E-state index is -3.29. The van der Waals surface area contributed by atoms with Crippen LogP contribution >= 0.6 is 11.6 Å². The predicted octanol–water partition coefficient (Wildman–Crippen LogP) is 2.95. The highest BCUT2D eigenvalue weighted by molar-refractivity contribution is 7.90. The summed E-state index contributed by atoms with van der Waals surface area (Å²) in [6.45, 7) is 0.410. The highest BCUT2D eigenvalue weighted by Crippen LogP contribution is 2.23. The Morgan fingerprint density at radius 1 is 1.22 bits per heavy atom. The van der Waals surface area contributed by atoms with Crippen LogP contribution in [0, 0.1) is 0 Å². The van der Waals surface area contributed by atoms with Crippen LogP contribution in [0.1, 0.15) is 15.9 Å². The summed E-state index contributed by atoms with van der Waals surface area (Å²) in [5.41, 5.74) is 2.23. The van der Waals surface area contributed by atoms with Crippen LogP contribution in [0.3, 0.4) is 0 Å². The molecule has 0 spiro atoms. The highest BCUT2D eigenvalue weighted by Gasteiger charge is 2.11. The molecule has 23 heavy (non-hydrogen) atoms. The quantitative estimate of drug-likeness (QED) is 0.680.